The Kier molecular flexibility index (Phi) is 6.43. The zero-order valence-electron chi connectivity index (χ0n) is 19.8. The summed E-state index contributed by atoms with van der Waals surface area (Å²) >= 11 is 6.50. The lowest BCUT2D eigenvalue weighted by Gasteiger charge is -2.11. The van der Waals surface area contributed by atoms with Gasteiger partial charge in [-0.05, 0) is 43.3 Å². The lowest BCUT2D eigenvalue weighted by molar-refractivity contribution is -0.120. The maximum absolute atomic E-state index is 14.9. The maximum Gasteiger partial charge on any atom is 0.220 e. The number of nitrogens with zero attached hydrogens (tertiary/aromatic N) is 4. The number of rotatable bonds is 7. The smallest absolute Gasteiger partial charge is 0.220 e. The number of pyridine rings is 1. The SMILES string of the molecule is CCC(=O)NCc1c(-c2ccccc2Cl)nc2c(Nc3ccc(-n4cnc(C)c4)c(F)c3)cccn12. The van der Waals surface area contributed by atoms with Gasteiger partial charge in [0.2, 0.25) is 5.91 Å². The van der Waals surface area contributed by atoms with E-state index in [1.807, 2.05) is 47.9 Å². The minimum absolute atomic E-state index is 0.0620. The van der Waals surface area contributed by atoms with Crippen molar-refractivity contribution in [3.63, 3.8) is 0 Å². The van der Waals surface area contributed by atoms with E-state index >= 15 is 0 Å². The van der Waals surface area contributed by atoms with Crippen LogP contribution in [0.3, 0.4) is 0 Å². The second kappa shape index (κ2) is 9.83. The summed E-state index contributed by atoms with van der Waals surface area (Å²) in [5.41, 5.74) is 5.33. The number of carbonyl (C=O) groups excluding carboxylic acids is 1. The minimum atomic E-state index is -0.382. The number of carbonyl (C=O) groups is 1. The van der Waals surface area contributed by atoms with Crippen molar-refractivity contribution in [3.05, 3.63) is 95.5 Å². The van der Waals surface area contributed by atoms with Gasteiger partial charge < -0.3 is 15.2 Å². The first kappa shape index (κ1) is 23.6. The molecule has 3 aromatic heterocycles. The molecule has 0 aliphatic heterocycles. The molecule has 0 radical (unpaired) electrons. The van der Waals surface area contributed by atoms with Crippen molar-refractivity contribution >= 4 is 34.5 Å². The molecule has 0 unspecified atom stereocenters. The molecule has 2 N–H and O–H groups in total. The summed E-state index contributed by atoms with van der Waals surface area (Å²) in [5, 5.41) is 6.78. The fraction of sp³-hybridized carbons (Fsp3) is 0.148. The molecule has 0 atom stereocenters. The first-order valence-electron chi connectivity index (χ1n) is 11.5. The summed E-state index contributed by atoms with van der Waals surface area (Å²) < 4.78 is 18.5. The van der Waals surface area contributed by atoms with Crippen LogP contribution in [0.5, 0.6) is 0 Å². The average Bonchev–Trinajstić information content (AvgIpc) is 3.47. The number of aryl methyl sites for hydroxylation is 1. The third-order valence-electron chi connectivity index (χ3n) is 5.87. The van der Waals surface area contributed by atoms with Gasteiger partial charge in [0.25, 0.3) is 0 Å². The monoisotopic (exact) mass is 502 g/mol. The summed E-state index contributed by atoms with van der Waals surface area (Å²) in [4.78, 5) is 21.1. The molecule has 36 heavy (non-hydrogen) atoms. The number of aromatic nitrogens is 4. The van der Waals surface area contributed by atoms with Crippen LogP contribution in [0.25, 0.3) is 22.6 Å². The van der Waals surface area contributed by atoms with Crippen LogP contribution in [-0.2, 0) is 11.3 Å². The number of benzene rings is 2. The molecule has 2 aromatic carbocycles. The summed E-state index contributed by atoms with van der Waals surface area (Å²) in [6.45, 7) is 3.94. The summed E-state index contributed by atoms with van der Waals surface area (Å²) in [7, 11) is 0. The highest BCUT2D eigenvalue weighted by atomic mass is 35.5. The number of anilines is 2. The van der Waals surface area contributed by atoms with Crippen LogP contribution in [0, 0.1) is 12.7 Å². The fourth-order valence-electron chi connectivity index (χ4n) is 4.06. The lowest BCUT2D eigenvalue weighted by atomic mass is 10.1. The Morgan fingerprint density at radius 1 is 1.14 bits per heavy atom. The highest BCUT2D eigenvalue weighted by Crippen LogP contribution is 2.33. The lowest BCUT2D eigenvalue weighted by Crippen LogP contribution is -2.22. The summed E-state index contributed by atoms with van der Waals surface area (Å²) in [6, 6.07) is 16.1. The van der Waals surface area contributed by atoms with Crippen LogP contribution in [0.4, 0.5) is 15.8 Å². The highest BCUT2D eigenvalue weighted by Gasteiger charge is 2.19. The zero-order valence-corrected chi connectivity index (χ0v) is 20.6. The number of halogens is 2. The molecular weight excluding hydrogens is 479 g/mol. The van der Waals surface area contributed by atoms with E-state index in [1.165, 1.54) is 6.07 Å². The van der Waals surface area contributed by atoms with E-state index in [1.54, 1.807) is 42.2 Å². The van der Waals surface area contributed by atoms with E-state index in [-0.39, 0.29) is 18.3 Å². The Balaban J connectivity index is 1.55. The van der Waals surface area contributed by atoms with Crippen LogP contribution >= 0.6 is 11.6 Å². The average molecular weight is 503 g/mol. The molecule has 0 aliphatic carbocycles. The van der Waals surface area contributed by atoms with Crippen LogP contribution in [0.2, 0.25) is 5.02 Å². The van der Waals surface area contributed by atoms with E-state index in [9.17, 15) is 9.18 Å². The Hall–Kier alpha value is -4.17. The molecule has 0 bridgehead atoms. The topological polar surface area (TPSA) is 76.2 Å². The number of amides is 1. The molecule has 3 heterocycles. The number of nitrogens with one attached hydrogen (secondary N) is 2. The fourth-order valence-corrected chi connectivity index (χ4v) is 4.29. The molecule has 0 saturated heterocycles. The van der Waals surface area contributed by atoms with Gasteiger partial charge in [-0.1, -0.05) is 36.7 Å². The first-order chi connectivity index (χ1) is 17.4. The van der Waals surface area contributed by atoms with Crippen molar-refractivity contribution in [2.45, 2.75) is 26.8 Å². The molecule has 0 saturated carbocycles. The van der Waals surface area contributed by atoms with Gasteiger partial charge >= 0.3 is 0 Å². The van der Waals surface area contributed by atoms with E-state index < -0.39 is 0 Å². The van der Waals surface area contributed by atoms with Gasteiger partial charge in [-0.15, -0.1) is 0 Å². The quantitative estimate of drug-likeness (QED) is 0.284. The van der Waals surface area contributed by atoms with Gasteiger partial charge in [-0.25, -0.2) is 14.4 Å². The molecule has 7 nitrogen and oxygen atoms in total. The zero-order chi connectivity index (χ0) is 25.2. The van der Waals surface area contributed by atoms with Crippen molar-refractivity contribution in [3.8, 4) is 16.9 Å². The number of hydrogen-bond acceptors (Lipinski definition) is 4. The first-order valence-corrected chi connectivity index (χ1v) is 11.9. The molecule has 0 aliphatic rings. The van der Waals surface area contributed by atoms with Gasteiger partial charge in [0.1, 0.15) is 5.82 Å². The molecule has 5 aromatic rings. The number of hydrogen-bond donors (Lipinski definition) is 2. The third kappa shape index (κ3) is 4.55. The molecule has 9 heteroatoms. The van der Waals surface area contributed by atoms with Gasteiger partial charge in [0, 0.05) is 30.1 Å². The van der Waals surface area contributed by atoms with Crippen LogP contribution in [0.1, 0.15) is 24.7 Å². The second-order valence-corrected chi connectivity index (χ2v) is 8.75. The standard InChI is InChI=1S/C27H24ClFN6O/c1-3-25(36)30-14-24-26(19-7-4-5-8-20(19)28)33-27-22(9-6-12-35(24)27)32-18-10-11-23(21(29)13-18)34-15-17(2)31-16-34/h4-13,15-16,32H,3,14H2,1-2H3,(H,30,36). The predicted molar refractivity (Wildman–Crippen MR) is 139 cm³/mol. The number of imidazole rings is 2. The highest BCUT2D eigenvalue weighted by molar-refractivity contribution is 6.33. The third-order valence-corrected chi connectivity index (χ3v) is 6.20. The van der Waals surface area contributed by atoms with Gasteiger partial charge in [0.15, 0.2) is 5.65 Å². The van der Waals surface area contributed by atoms with E-state index in [0.717, 1.165) is 17.0 Å². The molecule has 0 spiro atoms. The van der Waals surface area contributed by atoms with E-state index in [0.29, 0.717) is 39.8 Å². The van der Waals surface area contributed by atoms with Crippen LogP contribution in [-0.4, -0.2) is 24.8 Å². The minimum Gasteiger partial charge on any atom is -0.352 e. The van der Waals surface area contributed by atoms with Crippen molar-refractivity contribution < 1.29 is 9.18 Å². The van der Waals surface area contributed by atoms with Crippen LogP contribution < -0.4 is 10.6 Å². The predicted octanol–water partition coefficient (Wildman–Crippen LogP) is 6.06. The van der Waals surface area contributed by atoms with Gasteiger partial charge in [0.05, 0.1) is 46.4 Å². The molecular formula is C27H24ClFN6O. The molecule has 182 valence electrons. The molecule has 0 fully saturated rings. The Labute approximate surface area is 212 Å². The van der Waals surface area contributed by atoms with Crippen molar-refractivity contribution in [2.75, 3.05) is 5.32 Å². The Bertz CT molecular complexity index is 1570. The van der Waals surface area contributed by atoms with Crippen LogP contribution in [0.15, 0.2) is 73.3 Å². The molecule has 5 rings (SSSR count). The summed E-state index contributed by atoms with van der Waals surface area (Å²) in [6.07, 6.45) is 5.62. The normalized spacial score (nSPS) is 11.1. The Morgan fingerprint density at radius 3 is 2.69 bits per heavy atom. The van der Waals surface area contributed by atoms with Gasteiger partial charge in [-0.3, -0.25) is 9.20 Å². The van der Waals surface area contributed by atoms with Crippen molar-refractivity contribution in [2.24, 2.45) is 0 Å². The van der Waals surface area contributed by atoms with Crippen molar-refractivity contribution in [1.82, 2.24) is 24.3 Å². The van der Waals surface area contributed by atoms with E-state index in [2.05, 4.69) is 15.6 Å². The second-order valence-electron chi connectivity index (χ2n) is 8.35. The number of fused-ring (bicyclic) bond motifs is 1. The molecule has 1 amide bonds. The Morgan fingerprint density at radius 2 is 1.97 bits per heavy atom. The summed E-state index contributed by atoms with van der Waals surface area (Å²) in [5.74, 6) is -0.444. The maximum atomic E-state index is 14.9. The van der Waals surface area contributed by atoms with Gasteiger partial charge in [-0.2, -0.15) is 0 Å². The largest absolute Gasteiger partial charge is 0.352 e. The van der Waals surface area contributed by atoms with E-state index in [4.69, 9.17) is 16.6 Å². The van der Waals surface area contributed by atoms with Crippen molar-refractivity contribution in [1.29, 1.82) is 0 Å².